The van der Waals surface area contributed by atoms with Gasteiger partial charge >= 0.3 is 0 Å². The number of amides is 1. The smallest absolute Gasteiger partial charge is 0.268 e. The minimum atomic E-state index is -0.110. The summed E-state index contributed by atoms with van der Waals surface area (Å²) in [4.78, 5) is 18.6. The minimum Gasteiger partial charge on any atom is -0.357 e. The fourth-order valence-corrected chi connectivity index (χ4v) is 1.46. The van der Waals surface area contributed by atoms with Gasteiger partial charge in [-0.05, 0) is 30.7 Å². The van der Waals surface area contributed by atoms with Crippen LogP contribution in [0, 0.1) is 0 Å². The first-order valence-electron chi connectivity index (χ1n) is 5.11. The highest BCUT2D eigenvalue weighted by atomic mass is 16.1. The van der Waals surface area contributed by atoms with Crippen LogP contribution in [0.3, 0.4) is 0 Å². The lowest BCUT2D eigenvalue weighted by atomic mass is 10.1. The third-order valence-corrected chi connectivity index (χ3v) is 2.37. The fourth-order valence-electron chi connectivity index (χ4n) is 1.46. The van der Waals surface area contributed by atoms with Crippen LogP contribution in [0.15, 0.2) is 42.9 Å². The molecule has 0 aliphatic rings. The summed E-state index contributed by atoms with van der Waals surface area (Å²) >= 11 is 0. The molecule has 2 N–H and O–H groups in total. The van der Waals surface area contributed by atoms with E-state index in [1.165, 1.54) is 0 Å². The summed E-state index contributed by atoms with van der Waals surface area (Å²) in [5.41, 5.74) is 1.55. The van der Waals surface area contributed by atoms with Crippen LogP contribution < -0.4 is 5.32 Å². The second kappa shape index (κ2) is 4.61. The summed E-state index contributed by atoms with van der Waals surface area (Å²) in [6.07, 6.45) is 5.19. The molecule has 2 aromatic heterocycles. The van der Waals surface area contributed by atoms with E-state index in [9.17, 15) is 4.79 Å². The number of H-pyrrole nitrogens is 1. The van der Waals surface area contributed by atoms with Crippen molar-refractivity contribution >= 4 is 5.91 Å². The molecule has 0 bridgehead atoms. The van der Waals surface area contributed by atoms with E-state index < -0.39 is 0 Å². The lowest BCUT2D eigenvalue weighted by Crippen LogP contribution is -2.26. The van der Waals surface area contributed by atoms with E-state index in [4.69, 9.17) is 0 Å². The van der Waals surface area contributed by atoms with Gasteiger partial charge < -0.3 is 10.3 Å². The van der Waals surface area contributed by atoms with Gasteiger partial charge in [-0.1, -0.05) is 6.07 Å². The number of nitrogens with zero attached hydrogens (tertiary/aromatic N) is 1. The predicted octanol–water partition coefficient (Wildman–Crippen LogP) is 1.90. The largest absolute Gasteiger partial charge is 0.357 e. The third kappa shape index (κ3) is 2.28. The molecule has 2 aromatic rings. The zero-order valence-corrected chi connectivity index (χ0v) is 8.97. The zero-order valence-electron chi connectivity index (χ0n) is 8.97. The number of carbonyl (C=O) groups is 1. The van der Waals surface area contributed by atoms with Crippen LogP contribution >= 0.6 is 0 Å². The van der Waals surface area contributed by atoms with Crippen molar-refractivity contribution in [3.8, 4) is 0 Å². The lowest BCUT2D eigenvalue weighted by Gasteiger charge is -2.12. The van der Waals surface area contributed by atoms with Crippen LogP contribution in [-0.4, -0.2) is 15.9 Å². The van der Waals surface area contributed by atoms with E-state index in [1.54, 1.807) is 30.7 Å². The highest BCUT2D eigenvalue weighted by molar-refractivity contribution is 5.92. The van der Waals surface area contributed by atoms with Gasteiger partial charge in [-0.25, -0.2) is 0 Å². The van der Waals surface area contributed by atoms with Crippen LogP contribution in [0.2, 0.25) is 0 Å². The summed E-state index contributed by atoms with van der Waals surface area (Å²) in [6.45, 7) is 1.93. The third-order valence-electron chi connectivity index (χ3n) is 2.37. The Balaban J connectivity index is 2.03. The normalized spacial score (nSPS) is 12.1. The summed E-state index contributed by atoms with van der Waals surface area (Å²) in [5.74, 6) is -0.110. The fraction of sp³-hybridized carbons (Fsp3) is 0.167. The first-order valence-corrected chi connectivity index (χ1v) is 5.11. The Morgan fingerprint density at radius 2 is 2.31 bits per heavy atom. The molecule has 1 atom stereocenters. The number of aromatic amines is 1. The van der Waals surface area contributed by atoms with Crippen molar-refractivity contribution < 1.29 is 4.79 Å². The van der Waals surface area contributed by atoms with Gasteiger partial charge in [-0.2, -0.15) is 0 Å². The maximum Gasteiger partial charge on any atom is 0.268 e. The summed E-state index contributed by atoms with van der Waals surface area (Å²) in [7, 11) is 0. The average Bonchev–Trinajstić information content (AvgIpc) is 2.83. The van der Waals surface area contributed by atoms with Crippen molar-refractivity contribution in [2.24, 2.45) is 0 Å². The van der Waals surface area contributed by atoms with Gasteiger partial charge in [0.2, 0.25) is 0 Å². The minimum absolute atomic E-state index is 0.0514. The molecule has 2 heterocycles. The van der Waals surface area contributed by atoms with Crippen molar-refractivity contribution in [1.82, 2.24) is 15.3 Å². The molecular weight excluding hydrogens is 202 g/mol. The zero-order chi connectivity index (χ0) is 11.4. The van der Waals surface area contributed by atoms with Crippen LogP contribution in [-0.2, 0) is 0 Å². The number of aromatic nitrogens is 2. The van der Waals surface area contributed by atoms with Gasteiger partial charge in [0.1, 0.15) is 5.69 Å². The van der Waals surface area contributed by atoms with Crippen LogP contribution in [0.1, 0.15) is 29.0 Å². The van der Waals surface area contributed by atoms with Gasteiger partial charge in [0.05, 0.1) is 6.04 Å². The number of hydrogen-bond donors (Lipinski definition) is 2. The van der Waals surface area contributed by atoms with E-state index in [2.05, 4.69) is 15.3 Å². The molecule has 0 aliphatic carbocycles. The number of carbonyl (C=O) groups excluding carboxylic acids is 1. The molecule has 0 aromatic carbocycles. The van der Waals surface area contributed by atoms with Crippen molar-refractivity contribution in [2.45, 2.75) is 13.0 Å². The molecule has 0 radical (unpaired) electrons. The van der Waals surface area contributed by atoms with Crippen LogP contribution in [0.4, 0.5) is 0 Å². The summed E-state index contributed by atoms with van der Waals surface area (Å²) in [6, 6.07) is 7.28. The Kier molecular flexibility index (Phi) is 3.00. The highest BCUT2D eigenvalue weighted by Crippen LogP contribution is 2.10. The van der Waals surface area contributed by atoms with Crippen LogP contribution in [0.25, 0.3) is 0 Å². The number of hydrogen-bond acceptors (Lipinski definition) is 2. The number of pyridine rings is 1. The Hall–Kier alpha value is -2.10. The molecule has 0 saturated carbocycles. The molecule has 16 heavy (non-hydrogen) atoms. The molecule has 82 valence electrons. The van der Waals surface area contributed by atoms with Gasteiger partial charge in [-0.3, -0.25) is 9.78 Å². The molecular formula is C12H13N3O. The van der Waals surface area contributed by atoms with Crippen molar-refractivity contribution in [3.05, 3.63) is 54.1 Å². The SMILES string of the molecule is CC(NC(=O)c1ccc[nH]1)c1cccnc1. The van der Waals surface area contributed by atoms with Gasteiger partial charge in [-0.15, -0.1) is 0 Å². The van der Waals surface area contributed by atoms with Gasteiger partial charge in [0.15, 0.2) is 0 Å². The van der Waals surface area contributed by atoms with Crippen molar-refractivity contribution in [2.75, 3.05) is 0 Å². The molecule has 0 fully saturated rings. The molecule has 1 unspecified atom stereocenters. The molecule has 2 rings (SSSR count). The second-order valence-corrected chi connectivity index (χ2v) is 3.57. The maximum atomic E-state index is 11.7. The van der Waals surface area contributed by atoms with E-state index in [0.29, 0.717) is 5.69 Å². The Morgan fingerprint density at radius 3 is 2.94 bits per heavy atom. The Labute approximate surface area is 93.7 Å². The quantitative estimate of drug-likeness (QED) is 0.821. The predicted molar refractivity (Wildman–Crippen MR) is 60.9 cm³/mol. The van der Waals surface area contributed by atoms with Crippen LogP contribution in [0.5, 0.6) is 0 Å². The summed E-state index contributed by atoms with van der Waals surface area (Å²) < 4.78 is 0. The van der Waals surface area contributed by atoms with E-state index in [0.717, 1.165) is 5.56 Å². The first kappa shape index (κ1) is 10.4. The highest BCUT2D eigenvalue weighted by Gasteiger charge is 2.11. The summed E-state index contributed by atoms with van der Waals surface area (Å²) in [5, 5.41) is 2.89. The Bertz CT molecular complexity index is 450. The molecule has 4 nitrogen and oxygen atoms in total. The number of nitrogens with one attached hydrogen (secondary N) is 2. The monoisotopic (exact) mass is 215 g/mol. The van der Waals surface area contributed by atoms with E-state index >= 15 is 0 Å². The van der Waals surface area contributed by atoms with Crippen molar-refractivity contribution in [3.63, 3.8) is 0 Å². The topological polar surface area (TPSA) is 57.8 Å². The second-order valence-electron chi connectivity index (χ2n) is 3.57. The molecule has 0 saturated heterocycles. The van der Waals surface area contributed by atoms with E-state index in [-0.39, 0.29) is 11.9 Å². The maximum absolute atomic E-state index is 11.7. The standard InChI is InChI=1S/C12H13N3O/c1-9(10-4-2-6-13-8-10)15-12(16)11-5-3-7-14-11/h2-9,14H,1H3,(H,15,16). The average molecular weight is 215 g/mol. The van der Waals surface area contributed by atoms with Gasteiger partial charge in [0.25, 0.3) is 5.91 Å². The molecule has 4 heteroatoms. The van der Waals surface area contributed by atoms with Crippen molar-refractivity contribution in [1.29, 1.82) is 0 Å². The number of rotatable bonds is 3. The van der Waals surface area contributed by atoms with E-state index in [1.807, 2.05) is 19.1 Å². The molecule has 0 aliphatic heterocycles. The Morgan fingerprint density at radius 1 is 1.44 bits per heavy atom. The molecule has 1 amide bonds. The lowest BCUT2D eigenvalue weighted by molar-refractivity contribution is 0.0935. The first-order chi connectivity index (χ1) is 7.77. The molecule has 0 spiro atoms. The van der Waals surface area contributed by atoms with Gasteiger partial charge in [0, 0.05) is 18.6 Å².